The molecule has 0 aromatic heterocycles. The van der Waals surface area contributed by atoms with E-state index in [-0.39, 0.29) is 18.2 Å². The molecule has 0 aliphatic heterocycles. The number of nitrogens with one attached hydrogen (secondary N) is 1. The standard InChI is InChI=1S/C14H11IN2O4/c15-10-4-6-13(7-5-10)21-9-14(18)16-11-2-1-3-12(8-11)17(19)20/h1-8H,9H2,(H,16,18). The van der Waals surface area contributed by atoms with E-state index < -0.39 is 4.92 Å². The van der Waals surface area contributed by atoms with Crippen molar-refractivity contribution in [1.82, 2.24) is 0 Å². The van der Waals surface area contributed by atoms with Crippen LogP contribution in [0.5, 0.6) is 5.75 Å². The van der Waals surface area contributed by atoms with Crippen LogP contribution < -0.4 is 10.1 Å². The molecule has 2 aromatic rings. The first-order chi connectivity index (χ1) is 10.0. The average Bonchev–Trinajstić information content (AvgIpc) is 2.47. The Labute approximate surface area is 134 Å². The number of hydrogen-bond donors (Lipinski definition) is 1. The van der Waals surface area contributed by atoms with E-state index in [9.17, 15) is 14.9 Å². The summed E-state index contributed by atoms with van der Waals surface area (Å²) in [5, 5.41) is 13.2. The Morgan fingerprint density at radius 1 is 1.24 bits per heavy atom. The minimum atomic E-state index is -0.516. The second kappa shape index (κ2) is 7.02. The number of benzene rings is 2. The molecular formula is C14H11IN2O4. The third-order valence-electron chi connectivity index (χ3n) is 2.52. The number of rotatable bonds is 5. The molecule has 2 aromatic carbocycles. The molecule has 0 aliphatic rings. The molecule has 0 heterocycles. The highest BCUT2D eigenvalue weighted by Crippen LogP contribution is 2.17. The van der Waals surface area contributed by atoms with Crippen LogP contribution in [-0.2, 0) is 4.79 Å². The lowest BCUT2D eigenvalue weighted by Gasteiger charge is -2.07. The van der Waals surface area contributed by atoms with Gasteiger partial charge in [-0.1, -0.05) is 6.07 Å². The van der Waals surface area contributed by atoms with Crippen LogP contribution in [0.4, 0.5) is 11.4 Å². The fourth-order valence-electron chi connectivity index (χ4n) is 1.57. The summed E-state index contributed by atoms with van der Waals surface area (Å²) in [5.74, 6) is 0.207. The van der Waals surface area contributed by atoms with Crippen LogP contribution in [0.15, 0.2) is 48.5 Å². The Kier molecular flexibility index (Phi) is 5.09. The van der Waals surface area contributed by atoms with Gasteiger partial charge in [-0.25, -0.2) is 0 Å². The number of amides is 1. The minimum Gasteiger partial charge on any atom is -0.484 e. The van der Waals surface area contributed by atoms with Gasteiger partial charge in [0.2, 0.25) is 0 Å². The highest BCUT2D eigenvalue weighted by molar-refractivity contribution is 14.1. The summed E-state index contributed by atoms with van der Waals surface area (Å²) in [5.41, 5.74) is 0.284. The molecule has 0 unspecified atom stereocenters. The average molecular weight is 398 g/mol. The van der Waals surface area contributed by atoms with E-state index in [4.69, 9.17) is 4.74 Å². The Bertz CT molecular complexity index is 658. The van der Waals surface area contributed by atoms with Crippen molar-refractivity contribution < 1.29 is 14.5 Å². The lowest BCUT2D eigenvalue weighted by atomic mass is 10.3. The number of carbonyl (C=O) groups is 1. The van der Waals surface area contributed by atoms with Crippen LogP contribution in [0, 0.1) is 13.7 Å². The Morgan fingerprint density at radius 2 is 1.95 bits per heavy atom. The number of carbonyl (C=O) groups excluding carboxylic acids is 1. The van der Waals surface area contributed by atoms with Crippen molar-refractivity contribution in [3.05, 3.63) is 62.2 Å². The number of hydrogen-bond acceptors (Lipinski definition) is 4. The first-order valence-corrected chi connectivity index (χ1v) is 7.05. The molecule has 0 fully saturated rings. The van der Waals surface area contributed by atoms with Gasteiger partial charge in [0.05, 0.1) is 4.92 Å². The van der Waals surface area contributed by atoms with Crippen LogP contribution in [-0.4, -0.2) is 17.4 Å². The molecule has 0 saturated carbocycles. The highest BCUT2D eigenvalue weighted by Gasteiger charge is 2.08. The maximum Gasteiger partial charge on any atom is 0.271 e. The minimum absolute atomic E-state index is 0.0775. The molecule has 1 amide bonds. The molecule has 0 saturated heterocycles. The first kappa shape index (κ1) is 15.2. The molecule has 21 heavy (non-hydrogen) atoms. The lowest BCUT2D eigenvalue weighted by molar-refractivity contribution is -0.384. The fourth-order valence-corrected chi connectivity index (χ4v) is 1.93. The van der Waals surface area contributed by atoms with Crippen molar-refractivity contribution >= 4 is 39.9 Å². The molecule has 0 aliphatic carbocycles. The van der Waals surface area contributed by atoms with Crippen LogP contribution in [0.2, 0.25) is 0 Å². The smallest absolute Gasteiger partial charge is 0.271 e. The molecule has 0 spiro atoms. The second-order valence-electron chi connectivity index (χ2n) is 4.10. The van der Waals surface area contributed by atoms with Gasteiger partial charge in [0.1, 0.15) is 5.75 Å². The summed E-state index contributed by atoms with van der Waals surface area (Å²) in [6, 6.07) is 13.0. The summed E-state index contributed by atoms with van der Waals surface area (Å²) >= 11 is 2.17. The van der Waals surface area contributed by atoms with E-state index in [1.807, 2.05) is 12.1 Å². The SMILES string of the molecule is O=C(COc1ccc(I)cc1)Nc1cccc([N+](=O)[O-])c1. The number of halogens is 1. The first-order valence-electron chi connectivity index (χ1n) is 5.97. The molecule has 0 radical (unpaired) electrons. The Morgan fingerprint density at radius 3 is 2.62 bits per heavy atom. The van der Waals surface area contributed by atoms with Gasteiger partial charge in [0.25, 0.3) is 11.6 Å². The zero-order valence-corrected chi connectivity index (χ0v) is 12.9. The summed E-state index contributed by atoms with van der Waals surface area (Å²) in [4.78, 5) is 21.9. The molecule has 6 nitrogen and oxygen atoms in total. The predicted molar refractivity (Wildman–Crippen MR) is 86.4 cm³/mol. The molecule has 7 heteroatoms. The van der Waals surface area contributed by atoms with E-state index in [1.165, 1.54) is 18.2 Å². The molecule has 1 N–H and O–H groups in total. The number of anilines is 1. The predicted octanol–water partition coefficient (Wildman–Crippen LogP) is 3.22. The third kappa shape index (κ3) is 4.71. The van der Waals surface area contributed by atoms with Gasteiger partial charge in [0, 0.05) is 21.4 Å². The summed E-state index contributed by atoms with van der Waals surface area (Å²) in [7, 11) is 0. The molecule has 0 atom stereocenters. The lowest BCUT2D eigenvalue weighted by Crippen LogP contribution is -2.20. The van der Waals surface area contributed by atoms with Gasteiger partial charge in [-0.05, 0) is 52.9 Å². The summed E-state index contributed by atoms with van der Waals surface area (Å²) in [6.07, 6.45) is 0. The van der Waals surface area contributed by atoms with E-state index in [0.717, 1.165) is 3.57 Å². The largest absolute Gasteiger partial charge is 0.484 e. The highest BCUT2D eigenvalue weighted by atomic mass is 127. The molecular weight excluding hydrogens is 387 g/mol. The number of nitrogens with zero attached hydrogens (tertiary/aromatic N) is 1. The van der Waals surface area contributed by atoms with Gasteiger partial charge in [-0.2, -0.15) is 0 Å². The van der Waals surface area contributed by atoms with Crippen molar-refractivity contribution in [2.24, 2.45) is 0 Å². The molecule has 2 rings (SSSR count). The quantitative estimate of drug-likeness (QED) is 0.477. The number of nitro benzene ring substituents is 1. The van der Waals surface area contributed by atoms with Crippen LogP contribution in [0.3, 0.4) is 0 Å². The van der Waals surface area contributed by atoms with Crippen molar-refractivity contribution in [2.45, 2.75) is 0 Å². The number of ether oxygens (including phenoxy) is 1. The van der Waals surface area contributed by atoms with Crippen LogP contribution >= 0.6 is 22.6 Å². The van der Waals surface area contributed by atoms with Gasteiger partial charge < -0.3 is 10.1 Å². The van der Waals surface area contributed by atoms with Crippen molar-refractivity contribution in [1.29, 1.82) is 0 Å². The van der Waals surface area contributed by atoms with Crippen LogP contribution in [0.1, 0.15) is 0 Å². The van der Waals surface area contributed by atoms with Crippen LogP contribution in [0.25, 0.3) is 0 Å². The fraction of sp³-hybridized carbons (Fsp3) is 0.0714. The summed E-state index contributed by atoms with van der Waals surface area (Å²) in [6.45, 7) is -0.163. The monoisotopic (exact) mass is 398 g/mol. The maximum absolute atomic E-state index is 11.7. The molecule has 0 bridgehead atoms. The second-order valence-corrected chi connectivity index (χ2v) is 5.34. The normalized spacial score (nSPS) is 9.95. The van der Waals surface area contributed by atoms with Gasteiger partial charge >= 0.3 is 0 Å². The van der Waals surface area contributed by atoms with Gasteiger partial charge in [-0.15, -0.1) is 0 Å². The van der Waals surface area contributed by atoms with Crippen molar-refractivity contribution in [3.8, 4) is 5.75 Å². The Balaban J connectivity index is 1.91. The third-order valence-corrected chi connectivity index (χ3v) is 3.24. The topological polar surface area (TPSA) is 81.5 Å². The zero-order chi connectivity index (χ0) is 15.2. The van der Waals surface area contributed by atoms with Crippen molar-refractivity contribution in [2.75, 3.05) is 11.9 Å². The van der Waals surface area contributed by atoms with Gasteiger partial charge in [-0.3, -0.25) is 14.9 Å². The maximum atomic E-state index is 11.7. The molecule has 108 valence electrons. The van der Waals surface area contributed by atoms with E-state index in [0.29, 0.717) is 11.4 Å². The number of nitro groups is 1. The van der Waals surface area contributed by atoms with E-state index >= 15 is 0 Å². The van der Waals surface area contributed by atoms with Crippen molar-refractivity contribution in [3.63, 3.8) is 0 Å². The summed E-state index contributed by atoms with van der Waals surface area (Å²) < 4.78 is 6.39. The number of non-ortho nitro benzene ring substituents is 1. The van der Waals surface area contributed by atoms with Gasteiger partial charge in [0.15, 0.2) is 6.61 Å². The van der Waals surface area contributed by atoms with E-state index in [2.05, 4.69) is 27.9 Å². The zero-order valence-electron chi connectivity index (χ0n) is 10.8. The Hall–Kier alpha value is -2.16. The van der Waals surface area contributed by atoms with E-state index in [1.54, 1.807) is 18.2 Å².